The molecule has 5 heteroatoms. The molecule has 0 saturated heterocycles. The van der Waals surface area contributed by atoms with Gasteiger partial charge in [0.2, 0.25) is 0 Å². The van der Waals surface area contributed by atoms with Crippen molar-refractivity contribution >= 4 is 5.97 Å². The van der Waals surface area contributed by atoms with Gasteiger partial charge in [0, 0.05) is 0 Å². The summed E-state index contributed by atoms with van der Waals surface area (Å²) in [7, 11) is 0. The lowest BCUT2D eigenvalue weighted by molar-refractivity contribution is -0.151. The Morgan fingerprint density at radius 1 is 1.42 bits per heavy atom. The van der Waals surface area contributed by atoms with Crippen LogP contribution in [0.3, 0.4) is 0 Å². The predicted octanol–water partition coefficient (Wildman–Crippen LogP) is -0.155. The van der Waals surface area contributed by atoms with E-state index in [1.54, 1.807) is 0 Å². The maximum absolute atomic E-state index is 10.6. The molecule has 0 spiro atoms. The number of hydrogen-bond acceptors (Lipinski definition) is 5. The average Bonchev–Trinajstić information content (AvgIpc) is 1.98. The van der Waals surface area contributed by atoms with Crippen LogP contribution in [0.2, 0.25) is 0 Å². The first-order valence-electron chi connectivity index (χ1n) is 3.75. The number of carbonyl (C=O) groups is 1. The molecule has 0 aromatic rings. The second kappa shape index (κ2) is 7.02. The van der Waals surface area contributed by atoms with E-state index in [0.717, 1.165) is 0 Å². The van der Waals surface area contributed by atoms with Crippen LogP contribution in [0.25, 0.3) is 0 Å². The number of esters is 1. The largest absolute Gasteiger partial charge is 0.461 e. The van der Waals surface area contributed by atoms with Gasteiger partial charge in [-0.1, -0.05) is 0 Å². The van der Waals surface area contributed by atoms with Gasteiger partial charge in [0.1, 0.15) is 6.61 Å². The van der Waals surface area contributed by atoms with Gasteiger partial charge in [0.25, 0.3) is 0 Å². The first-order chi connectivity index (χ1) is 5.66. The van der Waals surface area contributed by atoms with E-state index in [1.165, 1.54) is 0 Å². The number of hydrogen-bond donors (Lipinski definition) is 1. The lowest BCUT2D eigenvalue weighted by atomic mass is 10.5. The van der Waals surface area contributed by atoms with Gasteiger partial charge in [0.15, 0.2) is 6.61 Å². The molecule has 0 aliphatic carbocycles. The molecule has 0 radical (unpaired) electrons. The summed E-state index contributed by atoms with van der Waals surface area (Å²) in [5, 5.41) is 0. The summed E-state index contributed by atoms with van der Waals surface area (Å²) in [4.78, 5) is 14.7. The minimum atomic E-state index is -0.482. The Hall–Kier alpha value is -0.650. The predicted molar refractivity (Wildman–Crippen MR) is 42.2 cm³/mol. The molecule has 0 fully saturated rings. The molecular weight excluding hydrogens is 162 g/mol. The van der Waals surface area contributed by atoms with Crippen molar-refractivity contribution in [3.05, 3.63) is 0 Å². The van der Waals surface area contributed by atoms with Crippen LogP contribution in [0.15, 0.2) is 0 Å². The quantitative estimate of drug-likeness (QED) is 0.347. The Balaban J connectivity index is 3.14. The molecule has 0 amide bonds. The van der Waals surface area contributed by atoms with Gasteiger partial charge in [-0.3, -0.25) is 4.84 Å². The zero-order valence-electron chi connectivity index (χ0n) is 7.41. The summed E-state index contributed by atoms with van der Waals surface area (Å²) in [6.45, 7) is 4.23. The normalized spacial score (nSPS) is 10.3. The van der Waals surface area contributed by atoms with Gasteiger partial charge in [-0.05, 0) is 13.8 Å². The van der Waals surface area contributed by atoms with E-state index < -0.39 is 5.97 Å². The second-order valence-electron chi connectivity index (χ2n) is 2.45. The molecule has 0 unspecified atom stereocenters. The van der Waals surface area contributed by atoms with Crippen LogP contribution in [0.4, 0.5) is 0 Å². The maximum atomic E-state index is 10.6. The SMILES string of the molecule is CC(C)OCCOC(=O)CON. The Kier molecular flexibility index (Phi) is 6.64. The van der Waals surface area contributed by atoms with Crippen molar-refractivity contribution in [1.82, 2.24) is 0 Å². The summed E-state index contributed by atoms with van der Waals surface area (Å²) in [5.74, 6) is 4.17. The van der Waals surface area contributed by atoms with E-state index in [1.807, 2.05) is 13.8 Å². The van der Waals surface area contributed by atoms with Crippen LogP contribution < -0.4 is 5.90 Å². The van der Waals surface area contributed by atoms with E-state index in [0.29, 0.717) is 6.61 Å². The molecule has 0 aliphatic heterocycles. The van der Waals surface area contributed by atoms with Crippen molar-refractivity contribution in [2.24, 2.45) is 5.90 Å². The third-order valence-electron chi connectivity index (χ3n) is 0.999. The van der Waals surface area contributed by atoms with Crippen LogP contribution >= 0.6 is 0 Å². The summed E-state index contributed by atoms with van der Waals surface area (Å²) in [5.41, 5.74) is 0. The lowest BCUT2D eigenvalue weighted by Gasteiger charge is -2.07. The number of nitrogens with two attached hydrogens (primary N) is 1. The summed E-state index contributed by atoms with van der Waals surface area (Å²) < 4.78 is 9.78. The fourth-order valence-electron chi connectivity index (χ4n) is 0.549. The average molecular weight is 177 g/mol. The molecule has 72 valence electrons. The highest BCUT2D eigenvalue weighted by Crippen LogP contribution is 1.87. The summed E-state index contributed by atoms with van der Waals surface area (Å²) in [6.07, 6.45) is 0.148. The molecule has 0 aromatic carbocycles. The van der Waals surface area contributed by atoms with Gasteiger partial charge in [-0.15, -0.1) is 0 Å². The molecule has 0 saturated carbocycles. The highest BCUT2D eigenvalue weighted by molar-refractivity contribution is 5.70. The topological polar surface area (TPSA) is 70.8 Å². The van der Waals surface area contributed by atoms with Crippen molar-refractivity contribution in [2.75, 3.05) is 19.8 Å². The molecule has 0 bridgehead atoms. The zero-order valence-corrected chi connectivity index (χ0v) is 7.41. The molecule has 5 nitrogen and oxygen atoms in total. The van der Waals surface area contributed by atoms with Crippen LogP contribution in [0.1, 0.15) is 13.8 Å². The van der Waals surface area contributed by atoms with Gasteiger partial charge >= 0.3 is 5.97 Å². The zero-order chi connectivity index (χ0) is 9.40. The van der Waals surface area contributed by atoms with E-state index in [9.17, 15) is 4.79 Å². The number of ether oxygens (including phenoxy) is 2. The molecular formula is C7H15NO4. The van der Waals surface area contributed by atoms with E-state index in [-0.39, 0.29) is 19.3 Å². The van der Waals surface area contributed by atoms with Crippen molar-refractivity contribution in [1.29, 1.82) is 0 Å². The van der Waals surface area contributed by atoms with Gasteiger partial charge in [0.05, 0.1) is 12.7 Å². The first kappa shape index (κ1) is 11.4. The Morgan fingerprint density at radius 2 is 2.08 bits per heavy atom. The van der Waals surface area contributed by atoms with Crippen LogP contribution in [0.5, 0.6) is 0 Å². The minimum absolute atomic E-state index is 0.148. The Morgan fingerprint density at radius 3 is 2.58 bits per heavy atom. The monoisotopic (exact) mass is 177 g/mol. The van der Waals surface area contributed by atoms with Crippen LogP contribution in [-0.4, -0.2) is 31.9 Å². The van der Waals surface area contributed by atoms with Gasteiger partial charge in [-0.2, -0.15) is 0 Å². The Bertz CT molecular complexity index is 127. The van der Waals surface area contributed by atoms with Crippen molar-refractivity contribution in [2.45, 2.75) is 20.0 Å². The molecule has 12 heavy (non-hydrogen) atoms. The highest BCUT2D eigenvalue weighted by atomic mass is 16.6. The third kappa shape index (κ3) is 7.46. The van der Waals surface area contributed by atoms with Crippen LogP contribution in [0, 0.1) is 0 Å². The fraction of sp³-hybridized carbons (Fsp3) is 0.857. The minimum Gasteiger partial charge on any atom is -0.461 e. The molecule has 0 aromatic heterocycles. The molecule has 2 N–H and O–H groups in total. The number of rotatable bonds is 6. The summed E-state index contributed by atoms with van der Waals surface area (Å²) in [6, 6.07) is 0. The lowest BCUT2D eigenvalue weighted by Crippen LogP contribution is -2.18. The van der Waals surface area contributed by atoms with Crippen molar-refractivity contribution < 1.29 is 19.1 Å². The molecule has 0 heterocycles. The maximum Gasteiger partial charge on any atom is 0.334 e. The standard InChI is InChI=1S/C7H15NO4/c1-6(2)10-3-4-11-7(9)5-12-8/h6H,3-5,8H2,1-2H3. The Labute approximate surface area is 71.7 Å². The van der Waals surface area contributed by atoms with E-state index in [4.69, 9.17) is 4.74 Å². The molecule has 0 rings (SSSR count). The van der Waals surface area contributed by atoms with Crippen molar-refractivity contribution in [3.8, 4) is 0 Å². The van der Waals surface area contributed by atoms with Crippen molar-refractivity contribution in [3.63, 3.8) is 0 Å². The molecule has 0 aliphatic rings. The summed E-state index contributed by atoms with van der Waals surface area (Å²) >= 11 is 0. The number of carbonyl (C=O) groups excluding carboxylic acids is 1. The fourth-order valence-corrected chi connectivity index (χ4v) is 0.549. The first-order valence-corrected chi connectivity index (χ1v) is 3.75. The van der Waals surface area contributed by atoms with Crippen LogP contribution in [-0.2, 0) is 19.1 Å². The van der Waals surface area contributed by atoms with E-state index >= 15 is 0 Å². The second-order valence-corrected chi connectivity index (χ2v) is 2.45. The van der Waals surface area contributed by atoms with Gasteiger partial charge in [-0.25, -0.2) is 10.7 Å². The highest BCUT2D eigenvalue weighted by Gasteiger charge is 2.01. The smallest absolute Gasteiger partial charge is 0.334 e. The molecule has 0 atom stereocenters. The van der Waals surface area contributed by atoms with Gasteiger partial charge < -0.3 is 9.47 Å². The third-order valence-corrected chi connectivity index (χ3v) is 0.999. The van der Waals surface area contributed by atoms with E-state index in [2.05, 4.69) is 15.5 Å².